The van der Waals surface area contributed by atoms with Gasteiger partial charge in [0.05, 0.1) is 0 Å². The van der Waals surface area contributed by atoms with E-state index in [1.165, 1.54) is 0 Å². The first-order valence-electron chi connectivity index (χ1n) is 4.12. The van der Waals surface area contributed by atoms with Gasteiger partial charge in [-0.15, -0.1) is 9.24 Å². The number of rotatable bonds is 3. The van der Waals surface area contributed by atoms with Crippen molar-refractivity contribution in [3.8, 4) is 0 Å². The van der Waals surface area contributed by atoms with Crippen LogP contribution < -0.4 is 16.4 Å². The molecule has 0 saturated heterocycles. The molecule has 3 nitrogen and oxygen atoms in total. The lowest BCUT2D eigenvalue weighted by atomic mass is 10.2. The van der Waals surface area contributed by atoms with Gasteiger partial charge in [-0.3, -0.25) is 5.41 Å². The highest BCUT2D eigenvalue weighted by atomic mass is 31.0. The molecule has 0 fully saturated rings. The van der Waals surface area contributed by atoms with Crippen molar-refractivity contribution in [2.75, 3.05) is 13.1 Å². The fraction of sp³-hybridized carbons (Fsp3) is 0.222. The molecule has 0 aliphatic heterocycles. The third-order valence-corrected chi connectivity index (χ3v) is 2.03. The van der Waals surface area contributed by atoms with Crippen molar-refractivity contribution in [3.05, 3.63) is 29.8 Å². The summed E-state index contributed by atoms with van der Waals surface area (Å²) in [6.07, 6.45) is 0. The molecule has 1 unspecified atom stereocenters. The van der Waals surface area contributed by atoms with Gasteiger partial charge in [0.1, 0.15) is 5.84 Å². The lowest BCUT2D eigenvalue weighted by Gasteiger charge is -2.06. The Bertz CT molecular complexity index is 281. The van der Waals surface area contributed by atoms with E-state index in [0.717, 1.165) is 10.9 Å². The largest absolute Gasteiger partial charge is 0.369 e. The van der Waals surface area contributed by atoms with Crippen molar-refractivity contribution >= 4 is 20.4 Å². The molecule has 4 N–H and O–H groups in total. The molecule has 1 aromatic carbocycles. The zero-order valence-corrected chi connectivity index (χ0v) is 8.53. The Morgan fingerprint density at radius 2 is 2.00 bits per heavy atom. The van der Waals surface area contributed by atoms with Gasteiger partial charge in [-0.2, -0.15) is 0 Å². The van der Waals surface area contributed by atoms with E-state index < -0.39 is 0 Å². The second kappa shape index (κ2) is 4.95. The van der Waals surface area contributed by atoms with Gasteiger partial charge in [-0.25, -0.2) is 0 Å². The molecule has 1 aromatic rings. The van der Waals surface area contributed by atoms with Crippen LogP contribution in [0, 0.1) is 5.41 Å². The first kappa shape index (κ1) is 10.2. The van der Waals surface area contributed by atoms with E-state index in [0.29, 0.717) is 18.9 Å². The molecule has 70 valence electrons. The van der Waals surface area contributed by atoms with Gasteiger partial charge >= 0.3 is 0 Å². The monoisotopic (exact) mass is 195 g/mol. The summed E-state index contributed by atoms with van der Waals surface area (Å²) in [5.74, 6) is 0.426. The predicted molar refractivity (Wildman–Crippen MR) is 59.7 cm³/mol. The van der Waals surface area contributed by atoms with Crippen molar-refractivity contribution in [2.24, 2.45) is 5.73 Å². The zero-order valence-electron chi connectivity index (χ0n) is 7.38. The molecule has 13 heavy (non-hydrogen) atoms. The summed E-state index contributed by atoms with van der Waals surface area (Å²) in [5.41, 5.74) is 6.21. The number of hydrogen-bond donors (Lipinski definition) is 3. The van der Waals surface area contributed by atoms with Crippen molar-refractivity contribution in [2.45, 2.75) is 0 Å². The van der Waals surface area contributed by atoms with Crippen molar-refractivity contribution < 1.29 is 0 Å². The third-order valence-electron chi connectivity index (χ3n) is 1.65. The van der Waals surface area contributed by atoms with Crippen molar-refractivity contribution in [3.63, 3.8) is 0 Å². The Balaban J connectivity index is 2.61. The maximum absolute atomic E-state index is 7.63. The molecule has 0 aliphatic carbocycles. The molecular weight excluding hydrogens is 181 g/mol. The minimum atomic E-state index is 0.426. The Labute approximate surface area is 80.4 Å². The van der Waals surface area contributed by atoms with Crippen LogP contribution >= 0.6 is 9.24 Å². The van der Waals surface area contributed by atoms with E-state index in [-0.39, 0.29) is 0 Å². The van der Waals surface area contributed by atoms with Crippen LogP contribution in [0.15, 0.2) is 24.3 Å². The smallest absolute Gasteiger partial charge is 0.125 e. The Kier molecular flexibility index (Phi) is 3.87. The summed E-state index contributed by atoms with van der Waals surface area (Å²) >= 11 is 0. The maximum atomic E-state index is 7.63. The molecule has 0 bridgehead atoms. The maximum Gasteiger partial charge on any atom is 0.125 e. The summed E-state index contributed by atoms with van der Waals surface area (Å²) in [6.45, 7) is 1.19. The molecule has 0 radical (unpaired) electrons. The molecule has 0 aliphatic rings. The second-order valence-corrected chi connectivity index (χ2v) is 3.38. The summed E-state index contributed by atoms with van der Waals surface area (Å²) < 4.78 is 0. The van der Waals surface area contributed by atoms with E-state index in [1.54, 1.807) is 0 Å². The highest BCUT2D eigenvalue weighted by molar-refractivity contribution is 7.27. The first-order chi connectivity index (χ1) is 6.24. The third kappa shape index (κ3) is 3.13. The van der Waals surface area contributed by atoms with Gasteiger partial charge in [0.25, 0.3) is 0 Å². The van der Waals surface area contributed by atoms with E-state index >= 15 is 0 Å². The standard InChI is InChI=1S/C9H14N3P/c10-5-6-12-9(11)7-1-3-8(13)4-2-7/h1-4H,5-6,10,13H2,(H2,11,12). The fourth-order valence-electron chi connectivity index (χ4n) is 0.949. The number of hydrogen-bond acceptors (Lipinski definition) is 2. The number of amidine groups is 1. The number of benzene rings is 1. The van der Waals surface area contributed by atoms with Gasteiger partial charge in [-0.05, 0) is 5.30 Å². The van der Waals surface area contributed by atoms with Crippen LogP contribution in [0.2, 0.25) is 0 Å². The lowest BCUT2D eigenvalue weighted by molar-refractivity contribution is 0.871. The van der Waals surface area contributed by atoms with Crippen LogP contribution in [0.5, 0.6) is 0 Å². The summed E-state index contributed by atoms with van der Waals surface area (Å²) in [4.78, 5) is 0. The van der Waals surface area contributed by atoms with Crippen LogP contribution in [0.3, 0.4) is 0 Å². The molecule has 0 heterocycles. The van der Waals surface area contributed by atoms with Crippen LogP contribution in [0.4, 0.5) is 0 Å². The first-order valence-corrected chi connectivity index (χ1v) is 4.70. The van der Waals surface area contributed by atoms with Crippen molar-refractivity contribution in [1.82, 2.24) is 5.32 Å². The van der Waals surface area contributed by atoms with Gasteiger partial charge in [0.2, 0.25) is 0 Å². The molecule has 0 aromatic heterocycles. The van der Waals surface area contributed by atoms with Gasteiger partial charge in [-0.1, -0.05) is 24.3 Å². The van der Waals surface area contributed by atoms with Crippen LogP contribution in [0.25, 0.3) is 0 Å². The van der Waals surface area contributed by atoms with Gasteiger partial charge < -0.3 is 11.1 Å². The van der Waals surface area contributed by atoms with E-state index in [1.807, 2.05) is 24.3 Å². The molecule has 1 rings (SSSR count). The highest BCUT2D eigenvalue weighted by Gasteiger charge is 1.97. The Hall–Kier alpha value is -0.920. The summed E-state index contributed by atoms with van der Waals surface area (Å²) in [7, 11) is 2.61. The average Bonchev–Trinajstić information content (AvgIpc) is 2.15. The molecule has 0 amide bonds. The molecule has 4 heteroatoms. The summed E-state index contributed by atoms with van der Waals surface area (Å²) in [6, 6.07) is 7.74. The van der Waals surface area contributed by atoms with E-state index in [2.05, 4.69) is 14.6 Å². The minimum Gasteiger partial charge on any atom is -0.369 e. The normalized spacial score (nSPS) is 9.69. The SMILES string of the molecule is N=C(NCCN)c1ccc(P)cc1. The highest BCUT2D eigenvalue weighted by Crippen LogP contribution is 1.98. The molecule has 1 atom stereocenters. The zero-order chi connectivity index (χ0) is 9.68. The Morgan fingerprint density at radius 3 is 2.54 bits per heavy atom. The van der Waals surface area contributed by atoms with Crippen LogP contribution in [-0.4, -0.2) is 18.9 Å². The Morgan fingerprint density at radius 1 is 1.38 bits per heavy atom. The quantitative estimate of drug-likeness (QED) is 0.363. The fourth-order valence-corrected chi connectivity index (χ4v) is 1.14. The molecule has 0 saturated carbocycles. The number of nitrogens with one attached hydrogen (secondary N) is 2. The van der Waals surface area contributed by atoms with Crippen LogP contribution in [0.1, 0.15) is 5.56 Å². The lowest BCUT2D eigenvalue weighted by Crippen LogP contribution is -2.29. The predicted octanol–water partition coefficient (Wildman–Crippen LogP) is 0.0607. The van der Waals surface area contributed by atoms with Gasteiger partial charge in [0.15, 0.2) is 0 Å². The van der Waals surface area contributed by atoms with E-state index in [9.17, 15) is 0 Å². The summed E-state index contributed by atoms with van der Waals surface area (Å²) in [5, 5.41) is 11.7. The van der Waals surface area contributed by atoms with E-state index in [4.69, 9.17) is 11.1 Å². The topological polar surface area (TPSA) is 61.9 Å². The number of nitrogens with two attached hydrogens (primary N) is 1. The van der Waals surface area contributed by atoms with Gasteiger partial charge in [0, 0.05) is 18.7 Å². The van der Waals surface area contributed by atoms with Crippen molar-refractivity contribution in [1.29, 1.82) is 5.41 Å². The molecule has 0 spiro atoms. The van der Waals surface area contributed by atoms with Crippen LogP contribution in [-0.2, 0) is 0 Å². The average molecular weight is 195 g/mol. The second-order valence-electron chi connectivity index (χ2n) is 2.71. The minimum absolute atomic E-state index is 0.426. The molecular formula is C9H14N3P.